The summed E-state index contributed by atoms with van der Waals surface area (Å²) in [4.78, 5) is 0. The molecule has 84 valence electrons. The molecule has 2 unspecified atom stereocenters. The first-order valence-electron chi connectivity index (χ1n) is 6.13. The Hall–Kier alpha value is 0.700. The summed E-state index contributed by atoms with van der Waals surface area (Å²) < 4.78 is 0. The lowest BCUT2D eigenvalue weighted by atomic mass is 9.96. The highest BCUT2D eigenvalue weighted by atomic mass is 32.1. The van der Waals surface area contributed by atoms with Crippen LogP contribution >= 0.6 is 25.3 Å². The Morgan fingerprint density at radius 1 is 0.786 bits per heavy atom. The zero-order chi connectivity index (χ0) is 10.2. The summed E-state index contributed by atoms with van der Waals surface area (Å²) >= 11 is 9.17. The summed E-state index contributed by atoms with van der Waals surface area (Å²) in [5.41, 5.74) is 0. The summed E-state index contributed by atoms with van der Waals surface area (Å²) in [7, 11) is 0. The predicted octanol–water partition coefficient (Wildman–Crippen LogP) is 4.36. The van der Waals surface area contributed by atoms with Crippen molar-refractivity contribution in [1.82, 2.24) is 0 Å². The van der Waals surface area contributed by atoms with E-state index in [4.69, 9.17) is 12.6 Å². The number of hydrogen-bond acceptors (Lipinski definition) is 2. The summed E-state index contributed by atoms with van der Waals surface area (Å²) in [6.07, 6.45) is 12.6. The Kier molecular flexibility index (Phi) is 7.23. The van der Waals surface area contributed by atoms with E-state index in [1.54, 1.807) is 0 Å². The molecule has 0 bridgehead atoms. The molecule has 0 spiro atoms. The highest BCUT2D eigenvalue weighted by Gasteiger charge is 2.16. The molecule has 1 rings (SSSR count). The van der Waals surface area contributed by atoms with Gasteiger partial charge < -0.3 is 0 Å². The quantitative estimate of drug-likeness (QED) is 0.617. The van der Waals surface area contributed by atoms with Gasteiger partial charge in [-0.1, -0.05) is 44.9 Å². The number of thiol groups is 2. The van der Waals surface area contributed by atoms with E-state index in [0.717, 1.165) is 11.7 Å². The zero-order valence-electron chi connectivity index (χ0n) is 9.12. The van der Waals surface area contributed by atoms with E-state index in [1.807, 2.05) is 0 Å². The van der Waals surface area contributed by atoms with Gasteiger partial charge in [0, 0.05) is 5.25 Å². The van der Waals surface area contributed by atoms with Crippen LogP contribution in [-0.2, 0) is 0 Å². The van der Waals surface area contributed by atoms with E-state index >= 15 is 0 Å². The fraction of sp³-hybridized carbons (Fsp3) is 1.00. The molecule has 1 fully saturated rings. The molecule has 0 heterocycles. The molecule has 0 radical (unpaired) electrons. The first kappa shape index (κ1) is 12.8. The van der Waals surface area contributed by atoms with Crippen molar-refractivity contribution in [3.63, 3.8) is 0 Å². The van der Waals surface area contributed by atoms with Crippen molar-refractivity contribution < 1.29 is 0 Å². The molecule has 1 saturated carbocycles. The second kappa shape index (κ2) is 7.92. The standard InChI is InChI=1S/C12H24S2/c13-10-11-8-6-4-2-1-3-5-7-9-12(11)14/h11-14H,1-10H2. The van der Waals surface area contributed by atoms with Gasteiger partial charge in [0.2, 0.25) is 0 Å². The molecular weight excluding hydrogens is 208 g/mol. The van der Waals surface area contributed by atoms with E-state index in [9.17, 15) is 0 Å². The fourth-order valence-electron chi connectivity index (χ4n) is 2.28. The Balaban J connectivity index is 2.33. The first-order valence-corrected chi connectivity index (χ1v) is 7.28. The van der Waals surface area contributed by atoms with Crippen LogP contribution in [0, 0.1) is 5.92 Å². The normalized spacial score (nSPS) is 32.1. The Morgan fingerprint density at radius 3 is 1.86 bits per heavy atom. The molecule has 0 saturated heterocycles. The molecule has 0 aliphatic heterocycles. The maximum atomic E-state index is 4.72. The maximum Gasteiger partial charge on any atom is 0.00528 e. The molecular formula is C12H24S2. The van der Waals surface area contributed by atoms with Gasteiger partial charge in [-0.2, -0.15) is 25.3 Å². The van der Waals surface area contributed by atoms with Crippen molar-refractivity contribution in [2.24, 2.45) is 5.92 Å². The zero-order valence-corrected chi connectivity index (χ0v) is 10.9. The lowest BCUT2D eigenvalue weighted by Gasteiger charge is -2.21. The maximum absolute atomic E-state index is 4.72. The molecule has 1 aliphatic carbocycles. The smallest absolute Gasteiger partial charge is 0.00528 e. The summed E-state index contributed by atoms with van der Waals surface area (Å²) in [6.45, 7) is 0. The minimum atomic E-state index is 0.602. The second-order valence-corrected chi connectivity index (χ2v) is 5.59. The molecule has 0 aromatic heterocycles. The van der Waals surface area contributed by atoms with Crippen molar-refractivity contribution in [3.05, 3.63) is 0 Å². The van der Waals surface area contributed by atoms with Crippen LogP contribution in [0.25, 0.3) is 0 Å². The molecule has 14 heavy (non-hydrogen) atoms. The molecule has 2 heteroatoms. The van der Waals surface area contributed by atoms with Crippen LogP contribution < -0.4 is 0 Å². The van der Waals surface area contributed by atoms with E-state index in [1.165, 1.54) is 57.8 Å². The van der Waals surface area contributed by atoms with Gasteiger partial charge in [-0.25, -0.2) is 0 Å². The van der Waals surface area contributed by atoms with Crippen molar-refractivity contribution in [2.75, 3.05) is 5.75 Å². The summed E-state index contributed by atoms with van der Waals surface area (Å²) in [5.74, 6) is 1.77. The minimum absolute atomic E-state index is 0.602. The summed E-state index contributed by atoms with van der Waals surface area (Å²) in [6, 6.07) is 0. The minimum Gasteiger partial charge on any atom is -0.179 e. The molecule has 1 aliphatic rings. The topological polar surface area (TPSA) is 0 Å². The van der Waals surface area contributed by atoms with Gasteiger partial charge in [0.25, 0.3) is 0 Å². The van der Waals surface area contributed by atoms with Gasteiger partial charge in [-0.15, -0.1) is 0 Å². The van der Waals surface area contributed by atoms with E-state index in [-0.39, 0.29) is 0 Å². The Bertz CT molecular complexity index is 136. The van der Waals surface area contributed by atoms with E-state index in [2.05, 4.69) is 12.6 Å². The highest BCUT2D eigenvalue weighted by Crippen LogP contribution is 2.25. The van der Waals surface area contributed by atoms with Crippen molar-refractivity contribution in [1.29, 1.82) is 0 Å². The average molecular weight is 232 g/mol. The van der Waals surface area contributed by atoms with Crippen LogP contribution in [0.5, 0.6) is 0 Å². The third-order valence-electron chi connectivity index (χ3n) is 3.35. The van der Waals surface area contributed by atoms with Gasteiger partial charge in [0.1, 0.15) is 0 Å². The van der Waals surface area contributed by atoms with Crippen LogP contribution in [0.2, 0.25) is 0 Å². The van der Waals surface area contributed by atoms with Gasteiger partial charge in [-0.05, 0) is 24.5 Å². The monoisotopic (exact) mass is 232 g/mol. The predicted molar refractivity (Wildman–Crippen MR) is 71.7 cm³/mol. The van der Waals surface area contributed by atoms with Crippen molar-refractivity contribution in [3.8, 4) is 0 Å². The van der Waals surface area contributed by atoms with E-state index in [0.29, 0.717) is 5.25 Å². The number of rotatable bonds is 1. The van der Waals surface area contributed by atoms with Crippen LogP contribution in [0.4, 0.5) is 0 Å². The highest BCUT2D eigenvalue weighted by molar-refractivity contribution is 7.81. The molecule has 0 aromatic rings. The van der Waals surface area contributed by atoms with Gasteiger partial charge in [-0.3, -0.25) is 0 Å². The van der Waals surface area contributed by atoms with Crippen LogP contribution in [0.3, 0.4) is 0 Å². The summed E-state index contributed by atoms with van der Waals surface area (Å²) in [5, 5.41) is 0.602. The second-order valence-electron chi connectivity index (χ2n) is 4.56. The van der Waals surface area contributed by atoms with Crippen molar-refractivity contribution in [2.45, 2.75) is 63.0 Å². The SMILES string of the molecule is SCC1CCCCCCCCCC1S. The fourth-order valence-corrected chi connectivity index (χ4v) is 3.33. The molecule has 2 atom stereocenters. The molecule has 0 amide bonds. The van der Waals surface area contributed by atoms with Crippen LogP contribution in [-0.4, -0.2) is 11.0 Å². The third kappa shape index (κ3) is 4.97. The molecule has 0 nitrogen and oxygen atoms in total. The lowest BCUT2D eigenvalue weighted by Crippen LogP contribution is -2.16. The van der Waals surface area contributed by atoms with Gasteiger partial charge in [0.15, 0.2) is 0 Å². The van der Waals surface area contributed by atoms with Crippen molar-refractivity contribution >= 4 is 25.3 Å². The number of hydrogen-bond donors (Lipinski definition) is 2. The van der Waals surface area contributed by atoms with Gasteiger partial charge >= 0.3 is 0 Å². The molecule has 0 aromatic carbocycles. The molecule has 0 N–H and O–H groups in total. The van der Waals surface area contributed by atoms with E-state index < -0.39 is 0 Å². The average Bonchev–Trinajstić information content (AvgIpc) is 2.24. The largest absolute Gasteiger partial charge is 0.179 e. The third-order valence-corrected chi connectivity index (χ3v) is 4.50. The Morgan fingerprint density at radius 2 is 1.29 bits per heavy atom. The Labute approximate surface area is 100 Å². The lowest BCUT2D eigenvalue weighted by molar-refractivity contribution is 0.469. The first-order chi connectivity index (χ1) is 6.84. The van der Waals surface area contributed by atoms with Gasteiger partial charge in [0.05, 0.1) is 0 Å². The van der Waals surface area contributed by atoms with Crippen LogP contribution in [0.1, 0.15) is 57.8 Å². The van der Waals surface area contributed by atoms with Crippen LogP contribution in [0.15, 0.2) is 0 Å².